The molecule has 0 atom stereocenters. The minimum absolute atomic E-state index is 0.114. The van der Waals surface area contributed by atoms with Crippen LogP contribution in [0.25, 0.3) is 6.08 Å². The van der Waals surface area contributed by atoms with Crippen molar-refractivity contribution in [2.24, 2.45) is 0 Å². The maximum Gasteiger partial charge on any atom is 0.185 e. The molecule has 0 aromatic heterocycles. The lowest BCUT2D eigenvalue weighted by molar-refractivity contribution is 0.104. The Morgan fingerprint density at radius 1 is 1.26 bits per heavy atom. The summed E-state index contributed by atoms with van der Waals surface area (Å²) in [6, 6.07) is 10.2. The zero-order valence-electron chi connectivity index (χ0n) is 13.4. The van der Waals surface area contributed by atoms with Crippen LogP contribution in [0.4, 0.5) is 5.69 Å². The van der Waals surface area contributed by atoms with E-state index >= 15 is 0 Å². The second-order valence-corrected chi connectivity index (χ2v) is 5.34. The maximum atomic E-state index is 12.2. The standard InChI is InChI=1S/C19H21NO3/c1-3-10-23-19-12-18(22)13(2)11-15(19)6-9-17(21)14-4-7-16(20)8-5-14/h4-9,11-12,22H,3,10,20H2,1-2H3/b9-6+. The second kappa shape index (κ2) is 7.49. The quantitative estimate of drug-likeness (QED) is 0.481. The number of nitrogen functional groups attached to an aromatic ring is 1. The topological polar surface area (TPSA) is 72.5 Å². The lowest BCUT2D eigenvalue weighted by Gasteiger charge is -2.10. The SMILES string of the molecule is CCCOc1cc(O)c(C)cc1/C=C/C(=O)c1ccc(N)cc1. The van der Waals surface area contributed by atoms with Gasteiger partial charge in [0.2, 0.25) is 0 Å². The van der Waals surface area contributed by atoms with E-state index in [9.17, 15) is 9.90 Å². The molecule has 0 heterocycles. The van der Waals surface area contributed by atoms with E-state index < -0.39 is 0 Å². The van der Waals surface area contributed by atoms with Crippen LogP contribution in [-0.2, 0) is 0 Å². The lowest BCUT2D eigenvalue weighted by Crippen LogP contribution is -1.98. The first kappa shape index (κ1) is 16.6. The van der Waals surface area contributed by atoms with Gasteiger partial charge in [0.15, 0.2) is 5.78 Å². The summed E-state index contributed by atoms with van der Waals surface area (Å²) >= 11 is 0. The third-order valence-electron chi connectivity index (χ3n) is 3.40. The Bertz CT molecular complexity index is 718. The molecule has 0 aliphatic carbocycles. The van der Waals surface area contributed by atoms with Crippen molar-refractivity contribution in [1.29, 1.82) is 0 Å². The van der Waals surface area contributed by atoms with E-state index in [-0.39, 0.29) is 11.5 Å². The Morgan fingerprint density at radius 2 is 1.96 bits per heavy atom. The molecule has 0 saturated heterocycles. The van der Waals surface area contributed by atoms with E-state index in [1.54, 1.807) is 49.4 Å². The van der Waals surface area contributed by atoms with E-state index in [0.29, 0.717) is 23.6 Å². The number of nitrogens with two attached hydrogens (primary N) is 1. The minimum atomic E-state index is -0.114. The summed E-state index contributed by atoms with van der Waals surface area (Å²) in [6.07, 6.45) is 4.06. The van der Waals surface area contributed by atoms with Crippen molar-refractivity contribution in [3.05, 3.63) is 59.2 Å². The first-order chi connectivity index (χ1) is 11.0. The van der Waals surface area contributed by atoms with Crippen molar-refractivity contribution in [3.8, 4) is 11.5 Å². The van der Waals surface area contributed by atoms with Gasteiger partial charge in [-0.1, -0.05) is 6.92 Å². The molecular weight excluding hydrogens is 290 g/mol. The number of benzene rings is 2. The van der Waals surface area contributed by atoms with Crippen LogP contribution < -0.4 is 10.5 Å². The zero-order valence-corrected chi connectivity index (χ0v) is 13.4. The number of phenolic OH excluding ortho intramolecular Hbond substituents is 1. The molecule has 0 aliphatic heterocycles. The van der Waals surface area contributed by atoms with Crippen molar-refractivity contribution in [2.45, 2.75) is 20.3 Å². The van der Waals surface area contributed by atoms with Gasteiger partial charge in [0.1, 0.15) is 11.5 Å². The van der Waals surface area contributed by atoms with Crippen molar-refractivity contribution < 1.29 is 14.6 Å². The Morgan fingerprint density at radius 3 is 2.61 bits per heavy atom. The Kier molecular flexibility index (Phi) is 5.41. The third kappa shape index (κ3) is 4.36. The van der Waals surface area contributed by atoms with Gasteiger partial charge in [-0.05, 0) is 61.4 Å². The largest absolute Gasteiger partial charge is 0.508 e. The molecule has 2 aromatic carbocycles. The Labute approximate surface area is 136 Å². The molecule has 2 rings (SSSR count). The maximum absolute atomic E-state index is 12.2. The fourth-order valence-electron chi connectivity index (χ4n) is 2.08. The van der Waals surface area contributed by atoms with Gasteiger partial charge in [-0.2, -0.15) is 0 Å². The first-order valence-corrected chi connectivity index (χ1v) is 7.55. The van der Waals surface area contributed by atoms with Gasteiger partial charge in [0.05, 0.1) is 6.61 Å². The van der Waals surface area contributed by atoms with Crippen molar-refractivity contribution >= 4 is 17.5 Å². The normalized spacial score (nSPS) is 10.9. The molecule has 0 aliphatic rings. The highest BCUT2D eigenvalue weighted by molar-refractivity contribution is 6.07. The molecule has 23 heavy (non-hydrogen) atoms. The molecule has 0 bridgehead atoms. The summed E-state index contributed by atoms with van der Waals surface area (Å²) in [4.78, 5) is 12.2. The fourth-order valence-corrected chi connectivity index (χ4v) is 2.08. The molecule has 4 heteroatoms. The first-order valence-electron chi connectivity index (χ1n) is 7.55. The average Bonchev–Trinajstić information content (AvgIpc) is 2.54. The second-order valence-electron chi connectivity index (χ2n) is 5.34. The van der Waals surface area contributed by atoms with Crippen molar-refractivity contribution in [1.82, 2.24) is 0 Å². The molecule has 0 spiro atoms. The van der Waals surface area contributed by atoms with Gasteiger partial charge in [-0.3, -0.25) is 4.79 Å². The number of allylic oxidation sites excluding steroid dienone is 1. The van der Waals surface area contributed by atoms with Crippen LogP contribution in [-0.4, -0.2) is 17.5 Å². The number of anilines is 1. The highest BCUT2D eigenvalue weighted by Gasteiger charge is 2.07. The van der Waals surface area contributed by atoms with Gasteiger partial charge in [0.25, 0.3) is 0 Å². The summed E-state index contributed by atoms with van der Waals surface area (Å²) in [5, 5.41) is 9.82. The minimum Gasteiger partial charge on any atom is -0.508 e. The summed E-state index contributed by atoms with van der Waals surface area (Å²) in [6.45, 7) is 4.36. The number of hydrogen-bond donors (Lipinski definition) is 2. The molecule has 0 fully saturated rings. The van der Waals surface area contributed by atoms with Crippen molar-refractivity contribution in [2.75, 3.05) is 12.3 Å². The monoisotopic (exact) mass is 311 g/mol. The molecule has 3 N–H and O–H groups in total. The van der Waals surface area contributed by atoms with E-state index in [0.717, 1.165) is 17.5 Å². The van der Waals surface area contributed by atoms with E-state index in [1.165, 1.54) is 6.08 Å². The van der Waals surface area contributed by atoms with E-state index in [1.807, 2.05) is 6.92 Å². The number of ketones is 1. The molecule has 0 radical (unpaired) electrons. The molecule has 120 valence electrons. The van der Waals surface area contributed by atoms with Gasteiger partial charge in [-0.25, -0.2) is 0 Å². The van der Waals surface area contributed by atoms with Gasteiger partial charge >= 0.3 is 0 Å². The van der Waals surface area contributed by atoms with Crippen LogP contribution in [0.15, 0.2) is 42.5 Å². The predicted molar refractivity (Wildman–Crippen MR) is 92.8 cm³/mol. The number of hydrogen-bond acceptors (Lipinski definition) is 4. The van der Waals surface area contributed by atoms with Crippen molar-refractivity contribution in [3.63, 3.8) is 0 Å². The van der Waals surface area contributed by atoms with Gasteiger partial charge in [0, 0.05) is 22.9 Å². The summed E-state index contributed by atoms with van der Waals surface area (Å²) in [5.74, 6) is 0.631. The van der Waals surface area contributed by atoms with E-state index in [2.05, 4.69) is 0 Å². The summed E-state index contributed by atoms with van der Waals surface area (Å²) in [5.41, 5.74) is 8.30. The fraction of sp³-hybridized carbons (Fsp3) is 0.211. The van der Waals surface area contributed by atoms with Gasteiger partial charge in [-0.15, -0.1) is 0 Å². The number of rotatable bonds is 6. The smallest absolute Gasteiger partial charge is 0.185 e. The Hall–Kier alpha value is -2.75. The zero-order chi connectivity index (χ0) is 16.8. The Balaban J connectivity index is 2.25. The molecule has 0 amide bonds. The molecule has 0 unspecified atom stereocenters. The van der Waals surface area contributed by atoms with Crippen LogP contribution in [0.3, 0.4) is 0 Å². The third-order valence-corrected chi connectivity index (χ3v) is 3.40. The number of carbonyl (C=O) groups is 1. The van der Waals surface area contributed by atoms with Crippen LogP contribution in [0.1, 0.15) is 34.8 Å². The van der Waals surface area contributed by atoms with Crippen LogP contribution in [0.2, 0.25) is 0 Å². The van der Waals surface area contributed by atoms with Crippen LogP contribution in [0, 0.1) is 6.92 Å². The summed E-state index contributed by atoms with van der Waals surface area (Å²) < 4.78 is 5.64. The van der Waals surface area contributed by atoms with E-state index in [4.69, 9.17) is 10.5 Å². The lowest BCUT2D eigenvalue weighted by atomic mass is 10.1. The predicted octanol–water partition coefficient (Wildman–Crippen LogP) is 3.97. The van der Waals surface area contributed by atoms with Crippen LogP contribution >= 0.6 is 0 Å². The molecule has 2 aromatic rings. The molecular formula is C19H21NO3. The number of carbonyl (C=O) groups excluding carboxylic acids is 1. The van der Waals surface area contributed by atoms with Gasteiger partial charge < -0.3 is 15.6 Å². The number of aromatic hydroxyl groups is 1. The van der Waals surface area contributed by atoms with Crippen LogP contribution in [0.5, 0.6) is 11.5 Å². The highest BCUT2D eigenvalue weighted by Crippen LogP contribution is 2.29. The molecule has 0 saturated carbocycles. The molecule has 4 nitrogen and oxygen atoms in total. The summed E-state index contributed by atoms with van der Waals surface area (Å²) in [7, 11) is 0. The number of phenols is 1. The number of aryl methyl sites for hydroxylation is 1. The average molecular weight is 311 g/mol. The highest BCUT2D eigenvalue weighted by atomic mass is 16.5. The number of ether oxygens (including phenoxy) is 1.